The Morgan fingerprint density at radius 2 is 1.15 bits per heavy atom. The lowest BCUT2D eigenvalue weighted by atomic mass is 9.94. The molecule has 0 aliphatic carbocycles. The van der Waals surface area contributed by atoms with Crippen LogP contribution in [-0.4, -0.2) is 97.1 Å². The maximum Gasteiger partial charge on any atom is 0.320 e. The van der Waals surface area contributed by atoms with E-state index in [0.717, 1.165) is 32.6 Å². The van der Waals surface area contributed by atoms with E-state index in [1.165, 1.54) is 13.2 Å². The molecule has 3 aliphatic heterocycles. The van der Waals surface area contributed by atoms with Crippen LogP contribution in [0.15, 0.2) is 199 Å². The minimum Gasteiger partial charge on any atom is -0.532 e. The Morgan fingerprint density at radius 3 is 1.73 bits per heavy atom. The van der Waals surface area contributed by atoms with E-state index in [1.54, 1.807) is 13.2 Å². The first-order chi connectivity index (χ1) is 40.0. The molecule has 17 heteroatoms. The highest BCUT2D eigenvalue weighted by molar-refractivity contribution is 7.00. The molecule has 3 saturated heterocycles. The first-order valence-corrected chi connectivity index (χ1v) is 29.5. The molecule has 7 aromatic carbocycles. The van der Waals surface area contributed by atoms with E-state index < -0.39 is 86.8 Å². The third-order valence-electron chi connectivity index (χ3n) is 15.1. The van der Waals surface area contributed by atoms with E-state index in [-0.39, 0.29) is 45.4 Å². The molecule has 0 saturated carbocycles. The summed E-state index contributed by atoms with van der Waals surface area (Å²) in [6, 6.07) is 60.7. The van der Waals surface area contributed by atoms with Crippen molar-refractivity contribution in [3.8, 4) is 11.5 Å². The van der Waals surface area contributed by atoms with Crippen LogP contribution in [0.1, 0.15) is 54.9 Å². The Hall–Kier alpha value is -6.80. The molecule has 0 spiro atoms. The summed E-state index contributed by atoms with van der Waals surface area (Å²) in [6.07, 6.45) is -9.60. The van der Waals surface area contributed by atoms with E-state index in [1.807, 2.05) is 158 Å². The summed E-state index contributed by atoms with van der Waals surface area (Å²) in [7, 11) is -0.108. The number of hydrogen-bond acceptors (Lipinski definition) is 13. The van der Waals surface area contributed by atoms with E-state index >= 15 is 4.39 Å². The van der Waals surface area contributed by atoms with Crippen LogP contribution in [-0.2, 0) is 73.8 Å². The lowest BCUT2D eigenvalue weighted by Crippen LogP contribution is -2.68. The summed E-state index contributed by atoms with van der Waals surface area (Å²) >= 11 is 0. The molecule has 428 valence electrons. The molecule has 0 unspecified atom stereocenters. The van der Waals surface area contributed by atoms with Gasteiger partial charge in [-0.2, -0.15) is 0 Å². The molecule has 15 nitrogen and oxygen atoms in total. The maximum absolute atomic E-state index is 17.1. The molecule has 0 aromatic heterocycles. The second kappa shape index (κ2) is 27.5. The number of ether oxygens (including phenoxy) is 11. The van der Waals surface area contributed by atoms with Crippen molar-refractivity contribution in [1.82, 2.24) is 0 Å². The molecule has 3 aliphatic rings. The number of nitrogens with zero attached hydrogens (tertiary/aromatic N) is 3. The van der Waals surface area contributed by atoms with Gasteiger partial charge in [-0.15, -0.1) is 0 Å². The highest BCUT2D eigenvalue weighted by Gasteiger charge is 2.56. The van der Waals surface area contributed by atoms with E-state index in [0.29, 0.717) is 11.3 Å². The van der Waals surface area contributed by atoms with Crippen molar-refractivity contribution in [2.45, 2.75) is 120 Å². The predicted molar refractivity (Wildman–Crippen MR) is 308 cm³/mol. The number of fused-ring (bicyclic) bond motifs is 1. The van der Waals surface area contributed by atoms with Gasteiger partial charge in [0, 0.05) is 17.6 Å². The van der Waals surface area contributed by atoms with Crippen molar-refractivity contribution in [2.24, 2.45) is 5.11 Å². The van der Waals surface area contributed by atoms with Crippen LogP contribution in [0.4, 0.5) is 4.39 Å². The molecule has 0 amide bonds. The number of methoxy groups -OCH3 is 2. The van der Waals surface area contributed by atoms with Gasteiger partial charge in [0.1, 0.15) is 60.3 Å². The summed E-state index contributed by atoms with van der Waals surface area (Å²) in [4.78, 5) is 3.23. The Labute approximate surface area is 479 Å². The quantitative estimate of drug-likeness (QED) is 0.0259. The van der Waals surface area contributed by atoms with Crippen molar-refractivity contribution in [3.05, 3.63) is 238 Å². The normalized spacial score (nSPS) is 24.6. The predicted octanol–water partition coefficient (Wildman–Crippen LogP) is 11.3. The average molecular weight is 1130 g/mol. The topological polar surface area (TPSA) is 160 Å². The highest BCUT2D eigenvalue weighted by Crippen LogP contribution is 2.42. The van der Waals surface area contributed by atoms with E-state index in [9.17, 15) is 5.53 Å². The molecule has 0 N–H and O–H groups in total. The van der Waals surface area contributed by atoms with E-state index in [2.05, 4.69) is 55.1 Å². The van der Waals surface area contributed by atoms with Crippen molar-refractivity contribution >= 4 is 18.7 Å². The Kier molecular flexibility index (Phi) is 19.6. The molecule has 3 heterocycles. The molecular weight excluding hydrogens is 1060 g/mol. The van der Waals surface area contributed by atoms with Crippen LogP contribution in [0.5, 0.6) is 11.5 Å². The second-order valence-corrected chi connectivity index (χ2v) is 25.7. The second-order valence-electron chi connectivity index (χ2n) is 21.5. The summed E-state index contributed by atoms with van der Waals surface area (Å²) in [5.74, 6) is 0.269. The Balaban J connectivity index is 1.01. The first-order valence-electron chi connectivity index (χ1n) is 27.6. The minimum absolute atomic E-state index is 0.00991. The van der Waals surface area contributed by atoms with Gasteiger partial charge < -0.3 is 56.5 Å². The van der Waals surface area contributed by atoms with Gasteiger partial charge in [0.2, 0.25) is 0 Å². The van der Waals surface area contributed by atoms with Gasteiger partial charge in [-0.05, 0) is 67.5 Å². The van der Waals surface area contributed by atoms with Gasteiger partial charge in [-0.3, -0.25) is 0 Å². The number of benzene rings is 7. The fraction of sp³-hybridized carbons (Fsp3) is 0.354. The molecule has 82 heavy (non-hydrogen) atoms. The van der Waals surface area contributed by atoms with Crippen LogP contribution in [0, 0.1) is 5.82 Å². The van der Waals surface area contributed by atoms with Crippen LogP contribution < -0.4 is 19.5 Å². The average Bonchev–Trinajstić information content (AvgIpc) is 2.87. The van der Waals surface area contributed by atoms with Crippen LogP contribution in [0.25, 0.3) is 10.4 Å². The van der Waals surface area contributed by atoms with Gasteiger partial charge in [0.25, 0.3) is 0 Å². The van der Waals surface area contributed by atoms with Gasteiger partial charge in [0.15, 0.2) is 24.7 Å². The van der Waals surface area contributed by atoms with Gasteiger partial charge in [-0.1, -0.05) is 196 Å². The summed E-state index contributed by atoms with van der Waals surface area (Å²) in [6.45, 7) is 6.91. The zero-order chi connectivity index (χ0) is 56.9. The Morgan fingerprint density at radius 1 is 0.598 bits per heavy atom. The van der Waals surface area contributed by atoms with Crippen LogP contribution >= 0.6 is 0 Å². The monoisotopic (exact) mass is 1130 g/mol. The molecule has 7 aromatic rings. The largest absolute Gasteiger partial charge is 0.532 e. The first kappa shape index (κ1) is 58.4. The number of halogens is 1. The molecule has 11 atom stereocenters. The fourth-order valence-electron chi connectivity index (χ4n) is 11.0. The lowest BCUT2D eigenvalue weighted by Gasteiger charge is -2.51. The summed E-state index contributed by atoms with van der Waals surface area (Å²) in [5, 5.41) is 5.83. The third kappa shape index (κ3) is 13.6. The molecule has 3 fully saturated rings. The van der Waals surface area contributed by atoms with Gasteiger partial charge >= 0.3 is 8.32 Å². The van der Waals surface area contributed by atoms with Gasteiger partial charge in [0.05, 0.1) is 46.8 Å². The molecule has 10 rings (SSSR count). The van der Waals surface area contributed by atoms with E-state index in [4.69, 9.17) is 56.5 Å². The van der Waals surface area contributed by atoms with Crippen molar-refractivity contribution in [3.63, 3.8) is 0 Å². The van der Waals surface area contributed by atoms with Crippen LogP contribution in [0.2, 0.25) is 5.04 Å². The molecular formula is C65H70FN3O12Si. The van der Waals surface area contributed by atoms with Crippen molar-refractivity contribution in [1.29, 1.82) is 0 Å². The molecule has 0 radical (unpaired) electrons. The zero-order valence-electron chi connectivity index (χ0n) is 46.7. The SMILES string of the molecule is COc1ccc(CO[C@@H]2[C@H](O[C@H]3[C@H](OCc4ccccc4)[C@@H](N=[N+]=[N-])[C@@H](OC)O[C@@H]3COCc3ccccc3)O[C@@H]3CO[C@@H](c4ccccc4)O[C@H]3[C@@H]2OCc2ccc(O[Si](c3ccccc3)(c3ccccc3)C(C)(C)C)c(F)c2)cc1. The highest BCUT2D eigenvalue weighted by atomic mass is 28.4. The number of hydrogen-bond donors (Lipinski definition) is 0. The van der Waals surface area contributed by atoms with Crippen LogP contribution in [0.3, 0.4) is 0 Å². The number of rotatable bonds is 23. The van der Waals surface area contributed by atoms with Crippen molar-refractivity contribution < 1.29 is 60.9 Å². The maximum atomic E-state index is 17.1. The summed E-state index contributed by atoms with van der Waals surface area (Å²) in [5.41, 5.74) is 14.0. The van der Waals surface area contributed by atoms with Crippen molar-refractivity contribution in [2.75, 3.05) is 27.4 Å². The lowest BCUT2D eigenvalue weighted by molar-refractivity contribution is -0.390. The smallest absolute Gasteiger partial charge is 0.320 e. The van der Waals surface area contributed by atoms with Gasteiger partial charge in [-0.25, -0.2) is 4.39 Å². The third-order valence-corrected chi connectivity index (χ3v) is 20.0. The zero-order valence-corrected chi connectivity index (χ0v) is 47.7. The standard InChI is InChI=1S/C65H70FN3O12Si/c1-65(2,3)82(50-27-17-9-18-28-50,51-29-19-10-20-30-51)81-53-36-33-47(37-52(53)66)41-74-60-58-55(43-76-62(79-58)48-25-15-8-16-26-48)78-64(61(60)75-40-46-31-34-49(70-4)35-32-46)80-57-54(42-72-38-44-21-11-6-12-22-44)77-63(71-5)56(68-69-67)59(57)73-39-45-23-13-7-14-24-45/h6-37,54-64H,38-43H2,1-5H3/t54-,55-,56-,57-,58-,59-,60+,61+,62-,63+,64+/m1/s1. The minimum atomic E-state index is -3.20. The summed E-state index contributed by atoms with van der Waals surface area (Å²) < 4.78 is 97.0. The Bertz CT molecular complexity index is 3090. The molecule has 0 bridgehead atoms. The fourth-order valence-corrected chi connectivity index (χ4v) is 15.4. The number of azide groups is 1.